The van der Waals surface area contributed by atoms with E-state index in [1.54, 1.807) is 7.11 Å². The van der Waals surface area contributed by atoms with Gasteiger partial charge in [0.2, 0.25) is 0 Å². The van der Waals surface area contributed by atoms with Gasteiger partial charge in [-0.1, -0.05) is 25.5 Å². The number of ether oxygens (including phenoxy) is 1. The van der Waals surface area contributed by atoms with Gasteiger partial charge in [0.05, 0.1) is 7.11 Å². The molecule has 0 saturated heterocycles. The highest BCUT2D eigenvalue weighted by Gasteiger charge is 2.36. The van der Waals surface area contributed by atoms with Crippen LogP contribution in [0.3, 0.4) is 0 Å². The number of rotatable bonds is 7. The SMILES string of the molecule is CCCC1CC1NC(=NC)NCCc1ccc(C)c(OC)c1.I. The van der Waals surface area contributed by atoms with Crippen LogP contribution in [0.25, 0.3) is 0 Å². The lowest BCUT2D eigenvalue weighted by Gasteiger charge is -2.12. The summed E-state index contributed by atoms with van der Waals surface area (Å²) in [5.41, 5.74) is 2.45. The molecular formula is C18H30IN3O. The number of hydrogen-bond acceptors (Lipinski definition) is 2. The largest absolute Gasteiger partial charge is 0.496 e. The van der Waals surface area contributed by atoms with Gasteiger partial charge in [0.15, 0.2) is 5.96 Å². The first kappa shape index (κ1) is 20.1. The van der Waals surface area contributed by atoms with Crippen LogP contribution in [0.1, 0.15) is 37.3 Å². The minimum Gasteiger partial charge on any atom is -0.496 e. The molecule has 2 atom stereocenters. The smallest absolute Gasteiger partial charge is 0.191 e. The normalized spacial score (nSPS) is 19.7. The van der Waals surface area contributed by atoms with Crippen molar-refractivity contribution in [2.24, 2.45) is 10.9 Å². The number of methoxy groups -OCH3 is 1. The highest BCUT2D eigenvalue weighted by molar-refractivity contribution is 14.0. The van der Waals surface area contributed by atoms with Crippen molar-refractivity contribution in [2.45, 2.75) is 45.6 Å². The molecule has 0 radical (unpaired) electrons. The number of nitrogens with zero attached hydrogens (tertiary/aromatic N) is 1. The molecule has 2 unspecified atom stereocenters. The van der Waals surface area contributed by atoms with Crippen LogP contribution in [0.2, 0.25) is 0 Å². The van der Waals surface area contributed by atoms with Gasteiger partial charge in [-0.05, 0) is 49.3 Å². The minimum atomic E-state index is 0. The Hall–Kier alpha value is -0.980. The van der Waals surface area contributed by atoms with Crippen molar-refractivity contribution < 1.29 is 4.74 Å². The highest BCUT2D eigenvalue weighted by atomic mass is 127. The van der Waals surface area contributed by atoms with Gasteiger partial charge in [-0.2, -0.15) is 0 Å². The first-order chi connectivity index (χ1) is 10.7. The molecule has 2 N–H and O–H groups in total. The Kier molecular flexibility index (Phi) is 8.73. The van der Waals surface area contributed by atoms with Crippen LogP contribution in [-0.4, -0.2) is 32.7 Å². The molecule has 0 aliphatic heterocycles. The monoisotopic (exact) mass is 431 g/mol. The number of guanidine groups is 1. The molecule has 5 heteroatoms. The fraction of sp³-hybridized carbons (Fsp3) is 0.611. The van der Waals surface area contributed by atoms with Crippen molar-refractivity contribution in [3.8, 4) is 5.75 Å². The van der Waals surface area contributed by atoms with E-state index in [1.807, 2.05) is 7.05 Å². The number of aliphatic imine (C=N–C) groups is 1. The Morgan fingerprint density at radius 1 is 1.39 bits per heavy atom. The molecule has 0 amide bonds. The second-order valence-electron chi connectivity index (χ2n) is 6.09. The molecule has 23 heavy (non-hydrogen) atoms. The molecule has 1 saturated carbocycles. The zero-order valence-electron chi connectivity index (χ0n) is 14.7. The Morgan fingerprint density at radius 3 is 2.83 bits per heavy atom. The number of hydrogen-bond donors (Lipinski definition) is 2. The van der Waals surface area contributed by atoms with E-state index < -0.39 is 0 Å². The summed E-state index contributed by atoms with van der Waals surface area (Å²) >= 11 is 0. The molecule has 130 valence electrons. The van der Waals surface area contributed by atoms with Crippen molar-refractivity contribution in [3.05, 3.63) is 29.3 Å². The highest BCUT2D eigenvalue weighted by Crippen LogP contribution is 2.34. The first-order valence-corrected chi connectivity index (χ1v) is 8.28. The standard InChI is InChI=1S/C18H29N3O.HI/c1-5-6-15-12-16(15)21-18(19-3)20-10-9-14-8-7-13(2)17(11-14)22-4;/h7-8,11,15-16H,5-6,9-10,12H2,1-4H3,(H2,19,20,21);1H. The van der Waals surface area contributed by atoms with Gasteiger partial charge < -0.3 is 15.4 Å². The summed E-state index contributed by atoms with van der Waals surface area (Å²) < 4.78 is 5.37. The van der Waals surface area contributed by atoms with Crippen LogP contribution >= 0.6 is 24.0 Å². The molecule has 1 aromatic carbocycles. The van der Waals surface area contributed by atoms with E-state index in [1.165, 1.54) is 30.4 Å². The number of aryl methyl sites for hydroxylation is 1. The summed E-state index contributed by atoms with van der Waals surface area (Å²) in [6, 6.07) is 7.01. The van der Waals surface area contributed by atoms with Crippen LogP contribution in [-0.2, 0) is 6.42 Å². The van der Waals surface area contributed by atoms with Crippen LogP contribution in [0.15, 0.2) is 23.2 Å². The van der Waals surface area contributed by atoms with Gasteiger partial charge in [-0.15, -0.1) is 24.0 Å². The lowest BCUT2D eigenvalue weighted by atomic mass is 10.1. The van der Waals surface area contributed by atoms with Crippen LogP contribution in [0.4, 0.5) is 0 Å². The Labute approximate surface area is 157 Å². The van der Waals surface area contributed by atoms with Crippen molar-refractivity contribution in [1.29, 1.82) is 0 Å². The quantitative estimate of drug-likeness (QED) is 0.395. The van der Waals surface area contributed by atoms with E-state index in [0.29, 0.717) is 6.04 Å². The molecule has 0 bridgehead atoms. The van der Waals surface area contributed by atoms with Crippen LogP contribution < -0.4 is 15.4 Å². The average Bonchev–Trinajstić information content (AvgIpc) is 3.26. The van der Waals surface area contributed by atoms with Gasteiger partial charge in [-0.3, -0.25) is 4.99 Å². The zero-order chi connectivity index (χ0) is 15.9. The number of nitrogens with one attached hydrogen (secondary N) is 2. The third kappa shape index (κ3) is 6.20. The average molecular weight is 431 g/mol. The Bertz CT molecular complexity index is 519. The van der Waals surface area contributed by atoms with Gasteiger partial charge in [0.25, 0.3) is 0 Å². The van der Waals surface area contributed by atoms with Crippen LogP contribution in [0.5, 0.6) is 5.75 Å². The maximum atomic E-state index is 5.37. The first-order valence-electron chi connectivity index (χ1n) is 8.28. The Balaban J connectivity index is 0.00000264. The van der Waals surface area contributed by atoms with Gasteiger partial charge >= 0.3 is 0 Å². The Morgan fingerprint density at radius 2 is 2.17 bits per heavy atom. The summed E-state index contributed by atoms with van der Waals surface area (Å²) in [7, 11) is 3.56. The molecule has 1 aliphatic rings. The minimum absolute atomic E-state index is 0. The molecule has 1 aromatic rings. The lowest BCUT2D eigenvalue weighted by Crippen LogP contribution is -2.40. The van der Waals surface area contributed by atoms with Crippen molar-refractivity contribution in [2.75, 3.05) is 20.7 Å². The number of benzene rings is 1. The topological polar surface area (TPSA) is 45.7 Å². The van der Waals surface area contributed by atoms with E-state index in [-0.39, 0.29) is 24.0 Å². The lowest BCUT2D eigenvalue weighted by molar-refractivity contribution is 0.411. The predicted molar refractivity (Wildman–Crippen MR) is 108 cm³/mol. The van der Waals surface area contributed by atoms with Gasteiger partial charge in [0, 0.05) is 19.6 Å². The van der Waals surface area contributed by atoms with Gasteiger partial charge in [0.1, 0.15) is 5.75 Å². The van der Waals surface area contributed by atoms with Crippen LogP contribution in [0, 0.1) is 12.8 Å². The molecule has 1 aliphatic carbocycles. The molecule has 4 nitrogen and oxygen atoms in total. The van der Waals surface area contributed by atoms with Gasteiger partial charge in [-0.25, -0.2) is 0 Å². The second-order valence-corrected chi connectivity index (χ2v) is 6.09. The molecule has 1 fully saturated rings. The fourth-order valence-electron chi connectivity index (χ4n) is 2.83. The summed E-state index contributed by atoms with van der Waals surface area (Å²) in [6.07, 6.45) is 4.83. The third-order valence-electron chi connectivity index (χ3n) is 4.31. The molecule has 0 aromatic heterocycles. The molecular weight excluding hydrogens is 401 g/mol. The number of halogens is 1. The van der Waals surface area contributed by atoms with Crippen molar-refractivity contribution in [1.82, 2.24) is 10.6 Å². The molecule has 0 heterocycles. The second kappa shape index (κ2) is 10.0. The molecule has 0 spiro atoms. The van der Waals surface area contributed by atoms with E-state index in [2.05, 4.69) is 47.7 Å². The summed E-state index contributed by atoms with van der Waals surface area (Å²) in [6.45, 7) is 5.18. The van der Waals surface area contributed by atoms with E-state index in [9.17, 15) is 0 Å². The molecule has 2 rings (SSSR count). The third-order valence-corrected chi connectivity index (χ3v) is 4.31. The zero-order valence-corrected chi connectivity index (χ0v) is 17.0. The van der Waals surface area contributed by atoms with E-state index in [4.69, 9.17) is 4.74 Å². The summed E-state index contributed by atoms with van der Waals surface area (Å²) in [5, 5.41) is 6.91. The van der Waals surface area contributed by atoms with Crippen molar-refractivity contribution in [3.63, 3.8) is 0 Å². The fourth-order valence-corrected chi connectivity index (χ4v) is 2.83. The van der Waals surface area contributed by atoms with E-state index >= 15 is 0 Å². The van der Waals surface area contributed by atoms with Crippen molar-refractivity contribution >= 4 is 29.9 Å². The maximum absolute atomic E-state index is 5.37. The van der Waals surface area contributed by atoms with E-state index in [0.717, 1.165) is 30.6 Å². The predicted octanol–water partition coefficient (Wildman–Crippen LogP) is 3.52. The maximum Gasteiger partial charge on any atom is 0.191 e. The summed E-state index contributed by atoms with van der Waals surface area (Å²) in [5.74, 6) is 2.72. The summed E-state index contributed by atoms with van der Waals surface area (Å²) in [4.78, 5) is 4.31.